The van der Waals surface area contributed by atoms with Crippen LogP contribution in [0.25, 0.3) is 0 Å². The minimum absolute atomic E-state index is 0.170. The number of anilines is 1. The van der Waals surface area contributed by atoms with Crippen LogP contribution in [0, 0.1) is 17.1 Å². The van der Waals surface area contributed by atoms with Gasteiger partial charge in [-0.05, 0) is 48.2 Å². The minimum Gasteiger partial charge on any atom is -0.491 e. The van der Waals surface area contributed by atoms with Gasteiger partial charge in [0.25, 0.3) is 0 Å². The molecule has 0 radical (unpaired) electrons. The third-order valence-electron chi connectivity index (χ3n) is 8.15. The SMILES string of the molecule is CN(C(=O)O)[C@H](C(=O)Nc1cncc(F)c1CC[C@@H]1CNC[C@@H](COc2ccc(C#N)cc2)O1)C(c1ccccc1)c1ccccc1. The van der Waals surface area contributed by atoms with E-state index >= 15 is 4.39 Å². The maximum Gasteiger partial charge on any atom is 0.407 e. The van der Waals surface area contributed by atoms with Gasteiger partial charge in [0.2, 0.25) is 5.91 Å². The van der Waals surface area contributed by atoms with Gasteiger partial charge in [0.05, 0.1) is 35.8 Å². The zero-order valence-electron chi connectivity index (χ0n) is 25.9. The van der Waals surface area contributed by atoms with Gasteiger partial charge in [-0.2, -0.15) is 5.26 Å². The third-order valence-corrected chi connectivity index (χ3v) is 8.15. The van der Waals surface area contributed by atoms with Crippen molar-refractivity contribution in [1.82, 2.24) is 15.2 Å². The summed E-state index contributed by atoms with van der Waals surface area (Å²) in [6, 6.07) is 26.2. The standard InChI is InChI=1S/C36H36FN5O5/c1-42(36(44)45)34(33(25-8-4-2-5-9-25)26-10-6-3-7-11-26)35(43)41-32-22-40-21-31(37)30(32)17-16-28-19-39-20-29(47-28)23-46-27-14-12-24(18-38)13-15-27/h2-15,21-22,28-29,33-34,39H,16-17,19-20,23H2,1H3,(H,41,43)(H,44,45)/t28-,29+,34+/m1/s1. The summed E-state index contributed by atoms with van der Waals surface area (Å²) in [5.74, 6) is -1.22. The van der Waals surface area contributed by atoms with E-state index in [-0.39, 0.29) is 29.9 Å². The molecule has 1 fully saturated rings. The van der Waals surface area contributed by atoms with Gasteiger partial charge in [0.15, 0.2) is 0 Å². The van der Waals surface area contributed by atoms with Crippen molar-refractivity contribution in [2.75, 3.05) is 32.1 Å². The zero-order chi connectivity index (χ0) is 33.2. The van der Waals surface area contributed by atoms with E-state index in [1.165, 1.54) is 13.2 Å². The highest BCUT2D eigenvalue weighted by Crippen LogP contribution is 2.32. The van der Waals surface area contributed by atoms with Crippen LogP contribution >= 0.6 is 0 Å². The molecule has 0 saturated carbocycles. The first-order valence-electron chi connectivity index (χ1n) is 15.3. The summed E-state index contributed by atoms with van der Waals surface area (Å²) in [6.45, 7) is 1.44. The lowest BCUT2D eigenvalue weighted by Gasteiger charge is -2.33. The maximum absolute atomic E-state index is 15.3. The number of carboxylic acid groups (broad SMARTS) is 1. The largest absolute Gasteiger partial charge is 0.491 e. The molecule has 1 aliphatic rings. The van der Waals surface area contributed by atoms with Gasteiger partial charge >= 0.3 is 6.09 Å². The summed E-state index contributed by atoms with van der Waals surface area (Å²) in [5, 5.41) is 25.1. The Morgan fingerprint density at radius 2 is 1.68 bits per heavy atom. The maximum atomic E-state index is 15.3. The average Bonchev–Trinajstić information content (AvgIpc) is 3.10. The molecular formula is C36H36FN5O5. The molecule has 0 aliphatic carbocycles. The Hall–Kier alpha value is -5.31. The van der Waals surface area contributed by atoms with E-state index in [0.29, 0.717) is 37.4 Å². The fourth-order valence-electron chi connectivity index (χ4n) is 5.74. The number of nitrogens with one attached hydrogen (secondary N) is 2. The van der Waals surface area contributed by atoms with Gasteiger partial charge in [0, 0.05) is 31.6 Å². The van der Waals surface area contributed by atoms with Crippen LogP contribution in [0.2, 0.25) is 0 Å². The molecule has 1 aliphatic heterocycles. The molecular weight excluding hydrogens is 601 g/mol. The van der Waals surface area contributed by atoms with Crippen molar-refractivity contribution < 1.29 is 28.6 Å². The van der Waals surface area contributed by atoms with E-state index in [1.807, 2.05) is 60.7 Å². The lowest BCUT2D eigenvalue weighted by atomic mass is 9.84. The second-order valence-electron chi connectivity index (χ2n) is 11.3. The minimum atomic E-state index is -1.28. The van der Waals surface area contributed by atoms with Gasteiger partial charge in [-0.25, -0.2) is 9.18 Å². The van der Waals surface area contributed by atoms with Crippen LogP contribution in [0.1, 0.15) is 34.6 Å². The number of carbonyl (C=O) groups is 2. The molecule has 0 bridgehead atoms. The van der Waals surface area contributed by atoms with Gasteiger partial charge in [0.1, 0.15) is 30.3 Å². The molecule has 2 heterocycles. The first kappa shape index (κ1) is 33.1. The first-order valence-corrected chi connectivity index (χ1v) is 15.3. The van der Waals surface area contributed by atoms with Crippen LogP contribution in [-0.2, 0) is 16.0 Å². The average molecular weight is 638 g/mol. The molecule has 47 heavy (non-hydrogen) atoms. The number of likely N-dealkylation sites (N-methyl/N-ethyl adjacent to an activating group) is 1. The van der Waals surface area contributed by atoms with Gasteiger partial charge in [-0.3, -0.25) is 14.7 Å². The summed E-state index contributed by atoms with van der Waals surface area (Å²) in [5.41, 5.74) is 2.47. The van der Waals surface area contributed by atoms with Gasteiger partial charge < -0.3 is 25.2 Å². The number of nitriles is 1. The molecule has 2 amide bonds. The quantitative estimate of drug-likeness (QED) is 0.193. The summed E-state index contributed by atoms with van der Waals surface area (Å²) < 4.78 is 27.3. The van der Waals surface area contributed by atoms with Crippen molar-refractivity contribution in [2.45, 2.75) is 37.0 Å². The molecule has 4 aromatic rings. The van der Waals surface area contributed by atoms with Crippen molar-refractivity contribution in [2.24, 2.45) is 0 Å². The fourth-order valence-corrected chi connectivity index (χ4v) is 5.74. The lowest BCUT2D eigenvalue weighted by molar-refractivity contribution is -0.120. The number of ether oxygens (including phenoxy) is 2. The number of carbonyl (C=O) groups excluding carboxylic acids is 1. The van der Waals surface area contributed by atoms with Crippen LogP contribution in [-0.4, -0.2) is 72.0 Å². The number of morpholine rings is 1. The number of halogens is 1. The Morgan fingerprint density at radius 3 is 2.30 bits per heavy atom. The number of hydrogen-bond acceptors (Lipinski definition) is 7. The lowest BCUT2D eigenvalue weighted by Crippen LogP contribution is -2.48. The number of nitrogens with zero attached hydrogens (tertiary/aromatic N) is 3. The van der Waals surface area contributed by atoms with Crippen LogP contribution in [0.15, 0.2) is 97.3 Å². The number of pyridine rings is 1. The van der Waals surface area contributed by atoms with E-state index in [1.54, 1.807) is 24.3 Å². The Bertz CT molecular complexity index is 1640. The third kappa shape index (κ3) is 8.49. The number of rotatable bonds is 12. The first-order chi connectivity index (χ1) is 22.8. The molecule has 3 N–H and O–H groups in total. The van der Waals surface area contributed by atoms with Crippen LogP contribution in [0.4, 0.5) is 14.9 Å². The van der Waals surface area contributed by atoms with Crippen molar-refractivity contribution >= 4 is 17.7 Å². The van der Waals surface area contributed by atoms with Crippen LogP contribution in [0.5, 0.6) is 5.75 Å². The van der Waals surface area contributed by atoms with Gasteiger partial charge in [-0.15, -0.1) is 0 Å². The summed E-state index contributed by atoms with van der Waals surface area (Å²) in [4.78, 5) is 31.3. The molecule has 3 aromatic carbocycles. The van der Waals surface area contributed by atoms with Crippen molar-refractivity contribution in [3.63, 3.8) is 0 Å². The predicted octanol–water partition coefficient (Wildman–Crippen LogP) is 5.21. The molecule has 242 valence electrons. The second kappa shape index (κ2) is 15.8. The number of amides is 2. The topological polar surface area (TPSA) is 137 Å². The fraction of sp³-hybridized carbons (Fsp3) is 0.278. The Morgan fingerprint density at radius 1 is 1.04 bits per heavy atom. The predicted molar refractivity (Wildman–Crippen MR) is 174 cm³/mol. The van der Waals surface area contributed by atoms with Crippen LogP contribution < -0.4 is 15.4 Å². The highest BCUT2D eigenvalue weighted by Gasteiger charge is 2.37. The van der Waals surface area contributed by atoms with E-state index in [2.05, 4.69) is 21.7 Å². The summed E-state index contributed by atoms with van der Waals surface area (Å²) in [6.07, 6.45) is 1.38. The molecule has 11 heteroatoms. The van der Waals surface area contributed by atoms with Crippen molar-refractivity contribution in [1.29, 1.82) is 5.26 Å². The molecule has 1 aromatic heterocycles. The van der Waals surface area contributed by atoms with E-state index < -0.39 is 29.8 Å². The number of aromatic nitrogens is 1. The highest BCUT2D eigenvalue weighted by atomic mass is 19.1. The van der Waals surface area contributed by atoms with Crippen molar-refractivity contribution in [3.05, 3.63) is 125 Å². The molecule has 1 saturated heterocycles. The molecule has 0 spiro atoms. The van der Waals surface area contributed by atoms with Crippen molar-refractivity contribution in [3.8, 4) is 11.8 Å². The van der Waals surface area contributed by atoms with Gasteiger partial charge in [-0.1, -0.05) is 60.7 Å². The zero-order valence-corrected chi connectivity index (χ0v) is 25.9. The normalized spacial score (nSPS) is 16.6. The van der Waals surface area contributed by atoms with E-state index in [4.69, 9.17) is 14.7 Å². The molecule has 0 unspecified atom stereocenters. The second-order valence-corrected chi connectivity index (χ2v) is 11.3. The molecule has 3 atom stereocenters. The van der Waals surface area contributed by atoms with Crippen LogP contribution in [0.3, 0.4) is 0 Å². The monoisotopic (exact) mass is 637 g/mol. The Labute approximate surface area is 272 Å². The summed E-state index contributed by atoms with van der Waals surface area (Å²) in [7, 11) is 1.35. The smallest absolute Gasteiger partial charge is 0.407 e. The Kier molecular flexibility index (Phi) is 11.1. The van der Waals surface area contributed by atoms with E-state index in [9.17, 15) is 14.7 Å². The highest BCUT2D eigenvalue weighted by molar-refractivity contribution is 5.98. The summed E-state index contributed by atoms with van der Waals surface area (Å²) >= 11 is 0. The number of hydrogen-bond donors (Lipinski definition) is 3. The Balaban J connectivity index is 1.30. The number of benzene rings is 3. The molecule has 10 nitrogen and oxygen atoms in total. The molecule has 5 rings (SSSR count). The van der Waals surface area contributed by atoms with E-state index in [0.717, 1.165) is 22.2 Å².